The summed E-state index contributed by atoms with van der Waals surface area (Å²) in [4.78, 5) is 19.1. The number of hydrogen-bond acceptors (Lipinski definition) is 4. The summed E-state index contributed by atoms with van der Waals surface area (Å²) in [6.45, 7) is 3.55. The predicted octanol–water partition coefficient (Wildman–Crippen LogP) is 2.32. The number of H-pyrrole nitrogens is 1. The first-order valence-electron chi connectivity index (χ1n) is 8.47. The lowest BCUT2D eigenvalue weighted by Gasteiger charge is -2.32. The molecule has 0 aliphatic carbocycles. The number of pyridine rings is 1. The van der Waals surface area contributed by atoms with Gasteiger partial charge in [0.15, 0.2) is 5.82 Å². The molecule has 1 amide bonds. The number of amides is 1. The normalized spacial score (nSPS) is 17.6. The van der Waals surface area contributed by atoms with Crippen molar-refractivity contribution in [2.75, 3.05) is 13.1 Å². The molecule has 1 fully saturated rings. The van der Waals surface area contributed by atoms with Crippen molar-refractivity contribution in [2.24, 2.45) is 0 Å². The Kier molecular flexibility index (Phi) is 4.05. The van der Waals surface area contributed by atoms with E-state index in [4.69, 9.17) is 0 Å². The van der Waals surface area contributed by atoms with Crippen molar-refractivity contribution in [3.05, 3.63) is 59.8 Å². The Morgan fingerprint density at radius 2 is 2.24 bits per heavy atom. The van der Waals surface area contributed by atoms with Gasteiger partial charge in [-0.15, -0.1) is 0 Å². The Hall–Kier alpha value is -2.96. The Morgan fingerprint density at radius 3 is 2.92 bits per heavy atom. The lowest BCUT2D eigenvalue weighted by molar-refractivity contribution is 0.0705. The number of likely N-dealkylation sites (tertiary alicyclic amines) is 1. The van der Waals surface area contributed by atoms with Gasteiger partial charge in [-0.05, 0) is 43.5 Å². The van der Waals surface area contributed by atoms with E-state index < -0.39 is 0 Å². The molecule has 3 aromatic heterocycles. The molecular weight excluding hydrogens is 316 g/mol. The van der Waals surface area contributed by atoms with E-state index >= 15 is 0 Å². The van der Waals surface area contributed by atoms with E-state index in [9.17, 15) is 4.79 Å². The van der Waals surface area contributed by atoms with Crippen molar-refractivity contribution >= 4 is 5.91 Å². The third kappa shape index (κ3) is 3.05. The molecule has 1 N–H and O–H groups in total. The van der Waals surface area contributed by atoms with Crippen LogP contribution >= 0.6 is 0 Å². The molecule has 4 rings (SSSR count). The van der Waals surface area contributed by atoms with Crippen LogP contribution in [0.4, 0.5) is 0 Å². The summed E-state index contributed by atoms with van der Waals surface area (Å²) in [6.07, 6.45) is 9.06. The molecule has 0 radical (unpaired) electrons. The van der Waals surface area contributed by atoms with Crippen LogP contribution in [-0.2, 0) is 0 Å². The number of carbonyl (C=O) groups excluding carboxylic acids is 1. The molecule has 1 saturated heterocycles. The fourth-order valence-corrected chi connectivity index (χ4v) is 3.40. The van der Waals surface area contributed by atoms with Crippen molar-refractivity contribution in [3.8, 4) is 5.82 Å². The summed E-state index contributed by atoms with van der Waals surface area (Å²) in [5.74, 6) is 1.05. The topological polar surface area (TPSA) is 79.7 Å². The largest absolute Gasteiger partial charge is 0.338 e. The third-order valence-electron chi connectivity index (χ3n) is 4.72. The number of carbonyl (C=O) groups is 1. The standard InChI is InChI=1S/C18H20N6O/c1-13-10-20-22-17(13)15-4-2-8-23(12-15)18(25)14-5-6-16(19-11-14)24-9-3-7-21-24/h3,5-7,9-11,15H,2,4,8,12H2,1H3,(H,20,22)/t15-/m0/s1. The zero-order valence-corrected chi connectivity index (χ0v) is 14.1. The molecule has 0 spiro atoms. The van der Waals surface area contributed by atoms with E-state index in [0.29, 0.717) is 23.8 Å². The predicted molar refractivity (Wildman–Crippen MR) is 92.6 cm³/mol. The Morgan fingerprint density at radius 1 is 1.32 bits per heavy atom. The number of nitrogens with zero attached hydrogens (tertiary/aromatic N) is 5. The van der Waals surface area contributed by atoms with Crippen LogP contribution in [-0.4, -0.2) is 48.9 Å². The minimum atomic E-state index is 0.0291. The smallest absolute Gasteiger partial charge is 0.255 e. The summed E-state index contributed by atoms with van der Waals surface area (Å²) < 4.78 is 1.67. The van der Waals surface area contributed by atoms with E-state index in [1.807, 2.05) is 35.5 Å². The summed E-state index contributed by atoms with van der Waals surface area (Å²) in [5.41, 5.74) is 2.91. The third-order valence-corrected chi connectivity index (χ3v) is 4.72. The van der Waals surface area contributed by atoms with Gasteiger partial charge in [-0.2, -0.15) is 10.2 Å². The van der Waals surface area contributed by atoms with Crippen LogP contribution in [0.3, 0.4) is 0 Å². The molecule has 25 heavy (non-hydrogen) atoms. The summed E-state index contributed by atoms with van der Waals surface area (Å²) in [7, 11) is 0. The zero-order chi connectivity index (χ0) is 17.2. The van der Waals surface area contributed by atoms with Crippen molar-refractivity contribution in [1.29, 1.82) is 0 Å². The average molecular weight is 336 g/mol. The maximum absolute atomic E-state index is 12.8. The molecule has 3 aromatic rings. The van der Waals surface area contributed by atoms with E-state index in [2.05, 4.69) is 27.2 Å². The van der Waals surface area contributed by atoms with Gasteiger partial charge in [0, 0.05) is 43.3 Å². The molecule has 7 nitrogen and oxygen atoms in total. The molecule has 1 aliphatic rings. The van der Waals surface area contributed by atoms with Crippen LogP contribution in [0.5, 0.6) is 0 Å². The van der Waals surface area contributed by atoms with Crippen LogP contribution in [0.2, 0.25) is 0 Å². The highest BCUT2D eigenvalue weighted by Crippen LogP contribution is 2.28. The van der Waals surface area contributed by atoms with E-state index in [1.54, 1.807) is 17.1 Å². The first-order chi connectivity index (χ1) is 12.2. The number of aromatic nitrogens is 5. The molecule has 7 heteroatoms. The van der Waals surface area contributed by atoms with Gasteiger partial charge in [0.25, 0.3) is 5.91 Å². The lowest BCUT2D eigenvalue weighted by atomic mass is 9.92. The van der Waals surface area contributed by atoms with E-state index in [1.165, 1.54) is 0 Å². The average Bonchev–Trinajstić information content (AvgIpc) is 3.33. The Bertz CT molecular complexity index is 852. The van der Waals surface area contributed by atoms with Gasteiger partial charge in [-0.25, -0.2) is 9.67 Å². The number of piperidine rings is 1. The SMILES string of the molecule is Cc1cn[nH]c1[C@H]1CCCN(C(=O)c2ccc(-n3cccn3)nc2)C1. The first kappa shape index (κ1) is 15.6. The van der Waals surface area contributed by atoms with Crippen molar-refractivity contribution in [1.82, 2.24) is 29.9 Å². The van der Waals surface area contributed by atoms with E-state index in [0.717, 1.165) is 30.6 Å². The van der Waals surface area contributed by atoms with Gasteiger partial charge >= 0.3 is 0 Å². The van der Waals surface area contributed by atoms with Gasteiger partial charge in [0.2, 0.25) is 0 Å². The van der Waals surface area contributed by atoms with Gasteiger partial charge < -0.3 is 4.90 Å². The Labute approximate surface area is 145 Å². The van der Waals surface area contributed by atoms with Crippen LogP contribution in [0, 0.1) is 6.92 Å². The molecule has 0 saturated carbocycles. The molecule has 0 bridgehead atoms. The summed E-state index contributed by atoms with van der Waals surface area (Å²) in [6, 6.07) is 5.48. The second-order valence-electron chi connectivity index (χ2n) is 6.41. The molecule has 128 valence electrons. The van der Waals surface area contributed by atoms with Crippen LogP contribution in [0.25, 0.3) is 5.82 Å². The van der Waals surface area contributed by atoms with Crippen LogP contribution in [0.1, 0.15) is 40.4 Å². The number of aromatic amines is 1. The van der Waals surface area contributed by atoms with Crippen LogP contribution < -0.4 is 0 Å². The molecule has 0 aromatic carbocycles. The number of nitrogens with one attached hydrogen (secondary N) is 1. The van der Waals surface area contributed by atoms with Crippen molar-refractivity contribution in [3.63, 3.8) is 0 Å². The maximum Gasteiger partial charge on any atom is 0.255 e. The minimum absolute atomic E-state index is 0.0291. The number of rotatable bonds is 3. The summed E-state index contributed by atoms with van der Waals surface area (Å²) >= 11 is 0. The van der Waals surface area contributed by atoms with E-state index in [-0.39, 0.29) is 5.91 Å². The monoisotopic (exact) mass is 336 g/mol. The maximum atomic E-state index is 12.8. The first-order valence-corrected chi connectivity index (χ1v) is 8.47. The van der Waals surface area contributed by atoms with Gasteiger partial charge in [0.05, 0.1) is 11.8 Å². The van der Waals surface area contributed by atoms with Gasteiger partial charge in [0.1, 0.15) is 0 Å². The lowest BCUT2D eigenvalue weighted by Crippen LogP contribution is -2.39. The van der Waals surface area contributed by atoms with Gasteiger partial charge in [-0.3, -0.25) is 9.89 Å². The fraction of sp³-hybridized carbons (Fsp3) is 0.333. The fourth-order valence-electron chi connectivity index (χ4n) is 3.40. The Balaban J connectivity index is 1.49. The zero-order valence-electron chi connectivity index (χ0n) is 14.1. The molecular formula is C18H20N6O. The highest BCUT2D eigenvalue weighted by molar-refractivity contribution is 5.94. The van der Waals surface area contributed by atoms with Crippen molar-refractivity contribution in [2.45, 2.75) is 25.7 Å². The highest BCUT2D eigenvalue weighted by atomic mass is 16.2. The van der Waals surface area contributed by atoms with Crippen molar-refractivity contribution < 1.29 is 4.79 Å². The minimum Gasteiger partial charge on any atom is -0.338 e. The second kappa shape index (κ2) is 6.51. The molecule has 1 aliphatic heterocycles. The number of aryl methyl sites for hydroxylation is 1. The van der Waals surface area contributed by atoms with Gasteiger partial charge in [-0.1, -0.05) is 0 Å². The highest BCUT2D eigenvalue weighted by Gasteiger charge is 2.27. The second-order valence-corrected chi connectivity index (χ2v) is 6.41. The summed E-state index contributed by atoms with van der Waals surface area (Å²) in [5, 5.41) is 11.3. The molecule has 4 heterocycles. The quantitative estimate of drug-likeness (QED) is 0.796. The molecule has 1 atom stereocenters. The number of hydrogen-bond donors (Lipinski definition) is 1. The van der Waals surface area contributed by atoms with Crippen LogP contribution in [0.15, 0.2) is 43.0 Å². The molecule has 0 unspecified atom stereocenters.